The predicted octanol–water partition coefficient (Wildman–Crippen LogP) is 3.16. The number of benzene rings is 1. The SMILES string of the molecule is Cc1ccccc1Cn1nc(C)c(NC(=S)NCCCN2CCCC2=O)c1C. The Morgan fingerprint density at radius 1 is 1.25 bits per heavy atom. The summed E-state index contributed by atoms with van der Waals surface area (Å²) in [5.41, 5.74) is 5.47. The highest BCUT2D eigenvalue weighted by Gasteiger charge is 2.19. The van der Waals surface area contributed by atoms with Crippen molar-refractivity contribution in [1.82, 2.24) is 20.0 Å². The van der Waals surface area contributed by atoms with E-state index < -0.39 is 0 Å². The van der Waals surface area contributed by atoms with Crippen LogP contribution in [0.1, 0.15) is 41.8 Å². The smallest absolute Gasteiger partial charge is 0.222 e. The predicted molar refractivity (Wildman–Crippen MR) is 117 cm³/mol. The van der Waals surface area contributed by atoms with Crippen LogP contribution in [0.25, 0.3) is 0 Å². The molecule has 0 atom stereocenters. The molecule has 1 aliphatic rings. The van der Waals surface area contributed by atoms with Crippen LogP contribution in [0.4, 0.5) is 5.69 Å². The molecule has 6 nitrogen and oxygen atoms in total. The monoisotopic (exact) mass is 399 g/mol. The van der Waals surface area contributed by atoms with Gasteiger partial charge in [0, 0.05) is 26.1 Å². The minimum Gasteiger partial charge on any atom is -0.362 e. The first-order valence-electron chi connectivity index (χ1n) is 9.87. The van der Waals surface area contributed by atoms with Crippen LogP contribution < -0.4 is 10.6 Å². The summed E-state index contributed by atoms with van der Waals surface area (Å²) in [7, 11) is 0. The summed E-state index contributed by atoms with van der Waals surface area (Å²) in [6.07, 6.45) is 2.56. The summed E-state index contributed by atoms with van der Waals surface area (Å²) in [4.78, 5) is 13.6. The Labute approximate surface area is 172 Å². The van der Waals surface area contributed by atoms with E-state index in [4.69, 9.17) is 12.2 Å². The van der Waals surface area contributed by atoms with Gasteiger partial charge < -0.3 is 15.5 Å². The van der Waals surface area contributed by atoms with Crippen molar-refractivity contribution < 1.29 is 4.79 Å². The van der Waals surface area contributed by atoms with E-state index in [1.165, 1.54) is 11.1 Å². The number of thiocarbonyl (C=S) groups is 1. The highest BCUT2D eigenvalue weighted by atomic mass is 32.1. The first kappa shape index (κ1) is 20.3. The molecule has 0 unspecified atom stereocenters. The molecule has 0 aliphatic carbocycles. The van der Waals surface area contributed by atoms with Gasteiger partial charge in [-0.15, -0.1) is 0 Å². The second kappa shape index (κ2) is 9.19. The van der Waals surface area contributed by atoms with Gasteiger partial charge in [-0.05, 0) is 57.0 Å². The highest BCUT2D eigenvalue weighted by molar-refractivity contribution is 7.80. The van der Waals surface area contributed by atoms with Gasteiger partial charge in [0.05, 0.1) is 23.6 Å². The molecule has 1 saturated heterocycles. The molecule has 0 radical (unpaired) electrons. The van der Waals surface area contributed by atoms with Crippen LogP contribution in [0, 0.1) is 20.8 Å². The summed E-state index contributed by atoms with van der Waals surface area (Å²) >= 11 is 5.45. The first-order chi connectivity index (χ1) is 13.5. The van der Waals surface area contributed by atoms with Crippen molar-refractivity contribution in [3.8, 4) is 0 Å². The highest BCUT2D eigenvalue weighted by Crippen LogP contribution is 2.21. The van der Waals surface area contributed by atoms with Crippen LogP contribution in [-0.4, -0.2) is 45.3 Å². The van der Waals surface area contributed by atoms with Gasteiger partial charge in [0.1, 0.15) is 0 Å². The number of nitrogens with zero attached hydrogens (tertiary/aromatic N) is 3. The van der Waals surface area contributed by atoms with E-state index in [9.17, 15) is 4.79 Å². The number of likely N-dealkylation sites (tertiary alicyclic amines) is 1. The van der Waals surface area contributed by atoms with Crippen molar-refractivity contribution in [3.05, 3.63) is 46.8 Å². The summed E-state index contributed by atoms with van der Waals surface area (Å²) in [6, 6.07) is 8.36. The number of hydrogen-bond donors (Lipinski definition) is 2. The third-order valence-corrected chi connectivity index (χ3v) is 5.51. The number of aromatic nitrogens is 2. The van der Waals surface area contributed by atoms with Crippen molar-refractivity contribution in [2.75, 3.05) is 25.0 Å². The van der Waals surface area contributed by atoms with Gasteiger partial charge in [0.25, 0.3) is 0 Å². The number of carbonyl (C=O) groups is 1. The van der Waals surface area contributed by atoms with Gasteiger partial charge in [-0.2, -0.15) is 5.10 Å². The van der Waals surface area contributed by atoms with E-state index in [1.54, 1.807) is 0 Å². The molecule has 3 rings (SSSR count). The molecule has 1 aromatic heterocycles. The fraction of sp³-hybridized carbons (Fsp3) is 0.476. The minimum atomic E-state index is 0.271. The Hall–Kier alpha value is -2.41. The van der Waals surface area contributed by atoms with Crippen molar-refractivity contribution >= 4 is 28.9 Å². The molecule has 2 heterocycles. The molecule has 7 heteroatoms. The lowest BCUT2D eigenvalue weighted by atomic mass is 10.1. The maximum Gasteiger partial charge on any atom is 0.222 e. The fourth-order valence-electron chi connectivity index (χ4n) is 3.55. The van der Waals surface area contributed by atoms with E-state index >= 15 is 0 Å². The van der Waals surface area contributed by atoms with Gasteiger partial charge in [-0.3, -0.25) is 9.48 Å². The minimum absolute atomic E-state index is 0.271. The zero-order valence-corrected chi connectivity index (χ0v) is 17.7. The molecule has 150 valence electrons. The molecule has 1 fully saturated rings. The molecule has 1 aromatic carbocycles. The molecule has 0 spiro atoms. The van der Waals surface area contributed by atoms with E-state index in [0.29, 0.717) is 11.5 Å². The van der Waals surface area contributed by atoms with Crippen LogP contribution in [0.2, 0.25) is 0 Å². The van der Waals surface area contributed by atoms with Gasteiger partial charge in [-0.1, -0.05) is 24.3 Å². The van der Waals surface area contributed by atoms with Crippen LogP contribution in [0.15, 0.2) is 24.3 Å². The van der Waals surface area contributed by atoms with Crippen molar-refractivity contribution in [3.63, 3.8) is 0 Å². The van der Waals surface area contributed by atoms with Crippen molar-refractivity contribution in [2.24, 2.45) is 0 Å². The second-order valence-corrected chi connectivity index (χ2v) is 7.76. The largest absolute Gasteiger partial charge is 0.362 e. The lowest BCUT2D eigenvalue weighted by Crippen LogP contribution is -2.33. The molecule has 2 aromatic rings. The molecular formula is C21H29N5OS. The fourth-order valence-corrected chi connectivity index (χ4v) is 3.75. The number of amides is 1. The Bertz CT molecular complexity index is 860. The average Bonchev–Trinajstić information content (AvgIpc) is 3.19. The van der Waals surface area contributed by atoms with Gasteiger partial charge in [-0.25, -0.2) is 0 Å². The lowest BCUT2D eigenvalue weighted by molar-refractivity contribution is -0.127. The number of carbonyl (C=O) groups excluding carboxylic acids is 1. The number of aryl methyl sites for hydroxylation is 2. The molecule has 1 aliphatic heterocycles. The number of anilines is 1. The van der Waals surface area contributed by atoms with Gasteiger partial charge >= 0.3 is 0 Å². The maximum absolute atomic E-state index is 11.6. The number of hydrogen-bond acceptors (Lipinski definition) is 3. The Kier molecular flexibility index (Phi) is 6.67. The standard InChI is InChI=1S/C21H29N5OS/c1-15-8-4-5-9-18(15)14-26-17(3)20(16(2)24-26)23-21(28)22-11-7-13-25-12-6-10-19(25)27/h4-5,8-9H,6-7,10-14H2,1-3H3,(H2,22,23,28). The zero-order chi connectivity index (χ0) is 20.1. The normalized spacial score (nSPS) is 13.8. The van der Waals surface area contributed by atoms with Crippen molar-refractivity contribution in [1.29, 1.82) is 0 Å². The van der Waals surface area contributed by atoms with Crippen LogP contribution in [0.3, 0.4) is 0 Å². The van der Waals surface area contributed by atoms with E-state index in [1.807, 2.05) is 16.5 Å². The number of nitrogens with one attached hydrogen (secondary N) is 2. The van der Waals surface area contributed by atoms with Crippen molar-refractivity contribution in [2.45, 2.75) is 46.6 Å². The summed E-state index contributed by atoms with van der Waals surface area (Å²) in [6.45, 7) is 9.33. The zero-order valence-electron chi connectivity index (χ0n) is 16.9. The summed E-state index contributed by atoms with van der Waals surface area (Å²) in [5, 5.41) is 11.8. The quantitative estimate of drug-likeness (QED) is 0.553. The van der Waals surface area contributed by atoms with Crippen LogP contribution in [0.5, 0.6) is 0 Å². The topological polar surface area (TPSA) is 62.2 Å². The van der Waals surface area contributed by atoms with Gasteiger partial charge in [0.15, 0.2) is 5.11 Å². The molecule has 28 heavy (non-hydrogen) atoms. The Morgan fingerprint density at radius 3 is 2.75 bits per heavy atom. The van der Waals surface area contributed by atoms with Crippen LogP contribution in [-0.2, 0) is 11.3 Å². The summed E-state index contributed by atoms with van der Waals surface area (Å²) < 4.78 is 2.02. The molecule has 0 bridgehead atoms. The summed E-state index contributed by atoms with van der Waals surface area (Å²) in [5.74, 6) is 0.271. The van der Waals surface area contributed by atoms with E-state index in [0.717, 1.165) is 56.1 Å². The van der Waals surface area contributed by atoms with Gasteiger partial charge in [0.2, 0.25) is 5.91 Å². The van der Waals surface area contributed by atoms with Crippen LogP contribution >= 0.6 is 12.2 Å². The molecule has 0 saturated carbocycles. The van der Waals surface area contributed by atoms with E-state index in [2.05, 4.69) is 53.8 Å². The van der Waals surface area contributed by atoms with E-state index in [-0.39, 0.29) is 5.91 Å². The Morgan fingerprint density at radius 2 is 2.04 bits per heavy atom. The Balaban J connectivity index is 1.52. The molecular weight excluding hydrogens is 370 g/mol. The average molecular weight is 400 g/mol. The second-order valence-electron chi connectivity index (χ2n) is 7.35. The third-order valence-electron chi connectivity index (χ3n) is 5.26. The third kappa shape index (κ3) is 4.90. The molecule has 2 N–H and O–H groups in total. The lowest BCUT2D eigenvalue weighted by Gasteiger charge is -2.16. The molecule has 1 amide bonds. The number of rotatable bonds is 7. The first-order valence-corrected chi connectivity index (χ1v) is 10.3. The maximum atomic E-state index is 11.6.